The molecule has 118 valence electrons. The second-order valence-corrected chi connectivity index (χ2v) is 7.04. The summed E-state index contributed by atoms with van der Waals surface area (Å²) in [5, 5.41) is 8.70. The number of sulfonamides is 1. The molecule has 21 heavy (non-hydrogen) atoms. The van der Waals surface area contributed by atoms with Crippen LogP contribution in [0.15, 0.2) is 23.1 Å². The smallest absolute Gasteiger partial charge is 0.243 e. The number of thiocarbonyl (C=S) groups is 1. The average Bonchev–Trinajstić information content (AvgIpc) is 2.42. The Balaban J connectivity index is 3.03. The fourth-order valence-corrected chi connectivity index (χ4v) is 3.56. The predicted octanol–water partition coefficient (Wildman–Crippen LogP) is 1.24. The molecule has 5 nitrogen and oxygen atoms in total. The molecule has 0 aliphatic heterocycles. The molecule has 0 unspecified atom stereocenters. The Kier molecular flexibility index (Phi) is 6.66. The van der Waals surface area contributed by atoms with E-state index in [9.17, 15) is 12.8 Å². The highest BCUT2D eigenvalue weighted by Crippen LogP contribution is 2.22. The average molecular weight is 334 g/mol. The van der Waals surface area contributed by atoms with Gasteiger partial charge in [-0.05, 0) is 31.4 Å². The first kappa shape index (κ1) is 18.0. The van der Waals surface area contributed by atoms with Crippen LogP contribution < -0.4 is 5.73 Å². The van der Waals surface area contributed by atoms with Crippen LogP contribution in [0.3, 0.4) is 0 Å². The van der Waals surface area contributed by atoms with Crippen LogP contribution in [-0.2, 0) is 10.0 Å². The van der Waals surface area contributed by atoms with Crippen molar-refractivity contribution in [2.45, 2.75) is 24.2 Å². The van der Waals surface area contributed by atoms with Gasteiger partial charge in [0.05, 0.1) is 10.5 Å². The Morgan fingerprint density at radius 3 is 2.62 bits per heavy atom. The van der Waals surface area contributed by atoms with E-state index in [-0.39, 0.29) is 28.6 Å². The van der Waals surface area contributed by atoms with Crippen LogP contribution >= 0.6 is 12.2 Å². The number of aliphatic hydroxyl groups is 1. The first-order chi connectivity index (χ1) is 9.82. The maximum Gasteiger partial charge on any atom is 0.243 e. The Morgan fingerprint density at radius 2 is 2.05 bits per heavy atom. The molecule has 0 radical (unpaired) electrons. The summed E-state index contributed by atoms with van der Waals surface area (Å²) in [4.78, 5) is -0.514. The van der Waals surface area contributed by atoms with Crippen molar-refractivity contribution in [2.24, 2.45) is 5.73 Å². The molecule has 0 saturated heterocycles. The van der Waals surface area contributed by atoms with Gasteiger partial charge in [0.25, 0.3) is 0 Å². The zero-order valence-electron chi connectivity index (χ0n) is 11.8. The van der Waals surface area contributed by atoms with E-state index in [4.69, 9.17) is 23.1 Å². The van der Waals surface area contributed by atoms with Gasteiger partial charge < -0.3 is 10.8 Å². The van der Waals surface area contributed by atoms with Gasteiger partial charge in [0.2, 0.25) is 10.0 Å². The lowest BCUT2D eigenvalue weighted by Gasteiger charge is -2.19. The maximum atomic E-state index is 13.8. The van der Waals surface area contributed by atoms with E-state index in [1.165, 1.54) is 19.2 Å². The second-order valence-electron chi connectivity index (χ2n) is 4.59. The molecule has 0 heterocycles. The molecule has 1 rings (SSSR count). The molecule has 0 aliphatic carbocycles. The Labute approximate surface area is 129 Å². The van der Waals surface area contributed by atoms with Gasteiger partial charge in [0.1, 0.15) is 10.8 Å². The number of hydrogen-bond donors (Lipinski definition) is 2. The van der Waals surface area contributed by atoms with Gasteiger partial charge in [0, 0.05) is 20.2 Å². The third-order valence-electron chi connectivity index (χ3n) is 3.04. The number of nitrogens with zero attached hydrogens (tertiary/aromatic N) is 1. The topological polar surface area (TPSA) is 83.6 Å². The highest BCUT2D eigenvalue weighted by molar-refractivity contribution is 7.89. The molecule has 1 aromatic carbocycles. The lowest BCUT2D eigenvalue weighted by atomic mass is 10.2. The van der Waals surface area contributed by atoms with E-state index < -0.39 is 15.8 Å². The van der Waals surface area contributed by atoms with Gasteiger partial charge in [-0.25, -0.2) is 17.1 Å². The molecule has 1 aromatic rings. The summed E-state index contributed by atoms with van der Waals surface area (Å²) >= 11 is 4.74. The predicted molar refractivity (Wildman–Crippen MR) is 83.0 cm³/mol. The summed E-state index contributed by atoms with van der Waals surface area (Å²) in [6.07, 6.45) is 1.93. The fraction of sp³-hybridized carbons (Fsp3) is 0.462. The van der Waals surface area contributed by atoms with Crippen LogP contribution in [-0.4, -0.2) is 43.0 Å². The second kappa shape index (κ2) is 7.79. The van der Waals surface area contributed by atoms with Gasteiger partial charge in [-0.15, -0.1) is 0 Å². The fourth-order valence-electron chi connectivity index (χ4n) is 1.87. The van der Waals surface area contributed by atoms with E-state index in [2.05, 4.69) is 0 Å². The molecule has 0 aromatic heterocycles. The van der Waals surface area contributed by atoms with Crippen LogP contribution in [0.2, 0.25) is 0 Å². The minimum Gasteiger partial charge on any atom is -0.396 e. The van der Waals surface area contributed by atoms with Crippen molar-refractivity contribution in [3.8, 4) is 0 Å². The summed E-state index contributed by atoms with van der Waals surface area (Å²) in [7, 11) is -2.44. The third kappa shape index (κ3) is 4.44. The van der Waals surface area contributed by atoms with Crippen molar-refractivity contribution in [3.05, 3.63) is 29.6 Å². The summed E-state index contributed by atoms with van der Waals surface area (Å²) in [5.74, 6) is -0.753. The molecule has 0 fully saturated rings. The minimum absolute atomic E-state index is 0.0754. The summed E-state index contributed by atoms with van der Waals surface area (Å²) in [6, 6.07) is 3.72. The first-order valence-corrected chi connectivity index (χ1v) is 8.32. The highest BCUT2D eigenvalue weighted by atomic mass is 32.2. The standard InChI is InChI=1S/C13H19FN2O3S2/c1-16(8-3-2-4-9-17)21(18,19)11-7-5-6-10(14)12(11)13(15)20/h5-7,17H,2-4,8-9H2,1H3,(H2,15,20). The minimum atomic E-state index is -3.86. The van der Waals surface area contributed by atoms with Crippen molar-refractivity contribution in [2.75, 3.05) is 20.2 Å². The number of hydrogen-bond acceptors (Lipinski definition) is 4. The van der Waals surface area contributed by atoms with E-state index in [0.29, 0.717) is 19.3 Å². The number of benzene rings is 1. The Morgan fingerprint density at radius 1 is 1.38 bits per heavy atom. The summed E-state index contributed by atoms with van der Waals surface area (Å²) in [5.41, 5.74) is 5.18. The SMILES string of the molecule is CN(CCCCCO)S(=O)(=O)c1cccc(F)c1C(N)=S. The normalized spacial score (nSPS) is 11.8. The van der Waals surface area contributed by atoms with E-state index in [1.807, 2.05) is 0 Å². The molecule has 0 saturated carbocycles. The van der Waals surface area contributed by atoms with Crippen molar-refractivity contribution >= 4 is 27.2 Å². The number of nitrogens with two attached hydrogens (primary N) is 1. The van der Waals surface area contributed by atoms with Gasteiger partial charge in [0.15, 0.2) is 0 Å². The van der Waals surface area contributed by atoms with Crippen molar-refractivity contribution in [1.82, 2.24) is 4.31 Å². The molecule has 3 N–H and O–H groups in total. The lowest BCUT2D eigenvalue weighted by Crippen LogP contribution is -2.30. The van der Waals surface area contributed by atoms with Crippen LogP contribution in [0.25, 0.3) is 0 Å². The van der Waals surface area contributed by atoms with E-state index in [0.717, 1.165) is 10.4 Å². The van der Waals surface area contributed by atoms with Gasteiger partial charge in [-0.3, -0.25) is 0 Å². The number of aliphatic hydroxyl groups excluding tert-OH is 1. The van der Waals surface area contributed by atoms with Crippen molar-refractivity contribution in [3.63, 3.8) is 0 Å². The number of rotatable bonds is 8. The summed E-state index contributed by atoms with van der Waals surface area (Å²) < 4.78 is 39.8. The number of halogens is 1. The maximum absolute atomic E-state index is 13.8. The molecule has 0 atom stereocenters. The largest absolute Gasteiger partial charge is 0.396 e. The molecule has 8 heteroatoms. The monoisotopic (exact) mass is 334 g/mol. The zero-order valence-corrected chi connectivity index (χ0v) is 13.4. The van der Waals surface area contributed by atoms with Crippen LogP contribution in [0.1, 0.15) is 24.8 Å². The van der Waals surface area contributed by atoms with Gasteiger partial charge in [-0.1, -0.05) is 18.3 Å². The van der Waals surface area contributed by atoms with Crippen LogP contribution in [0.5, 0.6) is 0 Å². The van der Waals surface area contributed by atoms with Crippen LogP contribution in [0.4, 0.5) is 4.39 Å². The molecule has 0 amide bonds. The molecule has 0 aliphatic rings. The van der Waals surface area contributed by atoms with Gasteiger partial charge in [-0.2, -0.15) is 0 Å². The molecular formula is C13H19FN2O3S2. The van der Waals surface area contributed by atoms with Crippen molar-refractivity contribution in [1.29, 1.82) is 0 Å². The quantitative estimate of drug-likeness (QED) is 0.552. The molecule has 0 bridgehead atoms. The van der Waals surface area contributed by atoms with Gasteiger partial charge >= 0.3 is 0 Å². The number of unbranched alkanes of at least 4 members (excludes halogenated alkanes) is 2. The first-order valence-electron chi connectivity index (χ1n) is 6.48. The zero-order chi connectivity index (χ0) is 16.0. The molecular weight excluding hydrogens is 315 g/mol. The van der Waals surface area contributed by atoms with E-state index in [1.54, 1.807) is 0 Å². The highest BCUT2D eigenvalue weighted by Gasteiger charge is 2.26. The Hall–Kier alpha value is -1.09. The van der Waals surface area contributed by atoms with Crippen LogP contribution in [0, 0.1) is 5.82 Å². The Bertz CT molecular complexity index is 605. The third-order valence-corrected chi connectivity index (χ3v) is 5.14. The van der Waals surface area contributed by atoms with E-state index >= 15 is 0 Å². The lowest BCUT2D eigenvalue weighted by molar-refractivity contribution is 0.281. The van der Waals surface area contributed by atoms with Crippen molar-refractivity contribution < 1.29 is 17.9 Å². The molecule has 0 spiro atoms. The summed E-state index contributed by atoms with van der Waals surface area (Å²) in [6.45, 7) is 0.349.